The van der Waals surface area contributed by atoms with Gasteiger partial charge in [0, 0.05) is 66.7 Å². The fourth-order valence-corrected chi connectivity index (χ4v) is 3.93. The molecule has 1 N–H and O–H groups in total. The van der Waals surface area contributed by atoms with Crippen LogP contribution in [0.4, 0.5) is 15.9 Å². The van der Waals surface area contributed by atoms with E-state index in [4.69, 9.17) is 9.97 Å². The number of amides is 1. The van der Waals surface area contributed by atoms with E-state index in [9.17, 15) is 9.18 Å². The summed E-state index contributed by atoms with van der Waals surface area (Å²) in [5.41, 5.74) is 2.85. The van der Waals surface area contributed by atoms with Gasteiger partial charge in [0.2, 0.25) is 0 Å². The van der Waals surface area contributed by atoms with Crippen molar-refractivity contribution in [2.75, 3.05) is 18.4 Å². The molecule has 5 rings (SSSR count). The van der Waals surface area contributed by atoms with Crippen LogP contribution in [0.25, 0.3) is 11.3 Å². The van der Waals surface area contributed by atoms with Crippen LogP contribution in [0.3, 0.4) is 0 Å². The Morgan fingerprint density at radius 2 is 1.73 bits per heavy atom. The van der Waals surface area contributed by atoms with E-state index in [0.29, 0.717) is 36.0 Å². The molecule has 0 spiro atoms. The first-order valence-corrected chi connectivity index (χ1v) is 10.7. The van der Waals surface area contributed by atoms with Crippen LogP contribution < -0.4 is 5.32 Å². The SMILES string of the molecule is O=C(c1ccncc1)N1CC[C@@H](c2nc(Nc3cccc(F)c3)cc(-c3ccncc3)n2)C1. The quantitative estimate of drug-likeness (QED) is 0.494. The van der Waals surface area contributed by atoms with Crippen molar-refractivity contribution in [1.29, 1.82) is 0 Å². The van der Waals surface area contributed by atoms with Crippen LogP contribution in [-0.4, -0.2) is 43.8 Å². The predicted octanol–water partition coefficient (Wildman–Crippen LogP) is 4.45. The Labute approximate surface area is 190 Å². The molecular formula is C25H21FN6O. The second-order valence-electron chi connectivity index (χ2n) is 7.84. The summed E-state index contributed by atoms with van der Waals surface area (Å²) in [5.74, 6) is 0.850. The van der Waals surface area contributed by atoms with Crippen molar-refractivity contribution in [3.05, 3.63) is 96.6 Å². The standard InChI is InChI=1S/C25H21FN6O/c26-20-2-1-3-21(14-20)29-23-15-22(17-4-9-27-10-5-17)30-24(31-23)19-8-13-32(16-19)25(33)18-6-11-28-12-7-18/h1-7,9-12,14-15,19H,8,13,16H2,(H,29,30,31)/t19-/m1/s1. The summed E-state index contributed by atoms with van der Waals surface area (Å²) in [6.07, 6.45) is 7.41. The van der Waals surface area contributed by atoms with Gasteiger partial charge >= 0.3 is 0 Å². The molecule has 8 heteroatoms. The maximum absolute atomic E-state index is 13.7. The van der Waals surface area contributed by atoms with E-state index in [1.54, 1.807) is 49.1 Å². The summed E-state index contributed by atoms with van der Waals surface area (Å²) < 4.78 is 13.7. The van der Waals surface area contributed by atoms with E-state index in [1.807, 2.05) is 23.1 Å². The maximum Gasteiger partial charge on any atom is 0.253 e. The minimum Gasteiger partial charge on any atom is -0.340 e. The number of aromatic nitrogens is 4. The molecule has 4 aromatic rings. The zero-order chi connectivity index (χ0) is 22.6. The molecule has 4 heterocycles. The summed E-state index contributed by atoms with van der Waals surface area (Å²) in [5, 5.41) is 3.18. The Morgan fingerprint density at radius 3 is 2.48 bits per heavy atom. The topological polar surface area (TPSA) is 83.9 Å². The molecule has 7 nitrogen and oxygen atoms in total. The largest absolute Gasteiger partial charge is 0.340 e. The third-order valence-corrected chi connectivity index (χ3v) is 5.58. The lowest BCUT2D eigenvalue weighted by atomic mass is 10.1. The molecule has 1 fully saturated rings. The fourth-order valence-electron chi connectivity index (χ4n) is 3.93. The van der Waals surface area contributed by atoms with Gasteiger partial charge in [0.1, 0.15) is 17.5 Å². The maximum atomic E-state index is 13.7. The number of rotatable bonds is 5. The summed E-state index contributed by atoms with van der Waals surface area (Å²) >= 11 is 0. The molecular weight excluding hydrogens is 419 g/mol. The number of pyridine rings is 2. The first kappa shape index (κ1) is 20.7. The van der Waals surface area contributed by atoms with Gasteiger partial charge < -0.3 is 10.2 Å². The van der Waals surface area contributed by atoms with Crippen molar-refractivity contribution in [1.82, 2.24) is 24.8 Å². The molecule has 0 radical (unpaired) electrons. The van der Waals surface area contributed by atoms with Crippen LogP contribution in [-0.2, 0) is 0 Å². The highest BCUT2D eigenvalue weighted by Crippen LogP contribution is 2.30. The summed E-state index contributed by atoms with van der Waals surface area (Å²) in [4.78, 5) is 32.3. The van der Waals surface area contributed by atoms with E-state index in [-0.39, 0.29) is 17.6 Å². The number of halogens is 1. The number of benzene rings is 1. The minimum atomic E-state index is -0.329. The fraction of sp³-hybridized carbons (Fsp3) is 0.160. The zero-order valence-corrected chi connectivity index (χ0v) is 17.7. The van der Waals surface area contributed by atoms with Gasteiger partial charge in [-0.3, -0.25) is 14.8 Å². The van der Waals surface area contributed by atoms with Gasteiger partial charge in [0.25, 0.3) is 5.91 Å². The molecule has 0 saturated carbocycles. The molecule has 1 atom stereocenters. The lowest BCUT2D eigenvalue weighted by Crippen LogP contribution is -2.28. The predicted molar refractivity (Wildman–Crippen MR) is 122 cm³/mol. The van der Waals surface area contributed by atoms with Crippen molar-refractivity contribution < 1.29 is 9.18 Å². The van der Waals surface area contributed by atoms with Crippen LogP contribution in [0.1, 0.15) is 28.5 Å². The highest BCUT2D eigenvalue weighted by Gasteiger charge is 2.30. The first-order valence-electron chi connectivity index (χ1n) is 10.7. The van der Waals surface area contributed by atoms with Crippen molar-refractivity contribution >= 4 is 17.4 Å². The Kier molecular flexibility index (Phi) is 5.72. The Balaban J connectivity index is 1.44. The van der Waals surface area contributed by atoms with E-state index >= 15 is 0 Å². The van der Waals surface area contributed by atoms with Gasteiger partial charge in [-0.2, -0.15) is 0 Å². The third-order valence-electron chi connectivity index (χ3n) is 5.58. The molecule has 1 aliphatic rings. The molecule has 1 aliphatic heterocycles. The smallest absolute Gasteiger partial charge is 0.253 e. The van der Waals surface area contributed by atoms with Gasteiger partial charge in [0.05, 0.1) is 5.69 Å². The lowest BCUT2D eigenvalue weighted by molar-refractivity contribution is 0.0790. The van der Waals surface area contributed by atoms with Crippen LogP contribution in [0.2, 0.25) is 0 Å². The van der Waals surface area contributed by atoms with Crippen LogP contribution in [0.15, 0.2) is 79.4 Å². The third kappa shape index (κ3) is 4.69. The highest BCUT2D eigenvalue weighted by atomic mass is 19.1. The number of nitrogens with one attached hydrogen (secondary N) is 1. The number of hydrogen-bond donors (Lipinski definition) is 1. The normalized spacial score (nSPS) is 15.4. The molecule has 3 aromatic heterocycles. The number of hydrogen-bond acceptors (Lipinski definition) is 6. The first-order chi connectivity index (χ1) is 16.2. The van der Waals surface area contributed by atoms with Crippen molar-refractivity contribution in [3.8, 4) is 11.3 Å². The number of nitrogens with zero attached hydrogens (tertiary/aromatic N) is 5. The van der Waals surface area contributed by atoms with E-state index < -0.39 is 0 Å². The summed E-state index contributed by atoms with van der Waals surface area (Å²) in [7, 11) is 0. The lowest BCUT2D eigenvalue weighted by Gasteiger charge is -2.17. The molecule has 1 saturated heterocycles. The van der Waals surface area contributed by atoms with Crippen molar-refractivity contribution in [3.63, 3.8) is 0 Å². The zero-order valence-electron chi connectivity index (χ0n) is 17.7. The second-order valence-corrected chi connectivity index (χ2v) is 7.84. The van der Waals surface area contributed by atoms with Gasteiger partial charge in [0.15, 0.2) is 0 Å². The van der Waals surface area contributed by atoms with Crippen molar-refractivity contribution in [2.24, 2.45) is 0 Å². The molecule has 0 aliphatic carbocycles. The molecule has 0 bridgehead atoms. The van der Waals surface area contributed by atoms with E-state index in [2.05, 4.69) is 15.3 Å². The Bertz CT molecular complexity index is 1270. The number of carbonyl (C=O) groups is 1. The van der Waals surface area contributed by atoms with Gasteiger partial charge in [-0.25, -0.2) is 14.4 Å². The molecule has 164 valence electrons. The van der Waals surface area contributed by atoms with Crippen LogP contribution in [0, 0.1) is 5.82 Å². The van der Waals surface area contributed by atoms with E-state index in [1.165, 1.54) is 12.1 Å². The summed E-state index contributed by atoms with van der Waals surface area (Å²) in [6.45, 7) is 1.15. The minimum absolute atomic E-state index is 0.00867. The Hall–Kier alpha value is -4.20. The Morgan fingerprint density at radius 1 is 0.970 bits per heavy atom. The number of carbonyl (C=O) groups excluding carboxylic acids is 1. The molecule has 0 unspecified atom stereocenters. The highest BCUT2D eigenvalue weighted by molar-refractivity contribution is 5.94. The average molecular weight is 440 g/mol. The monoisotopic (exact) mass is 440 g/mol. The van der Waals surface area contributed by atoms with Gasteiger partial charge in [-0.05, 0) is 48.9 Å². The molecule has 1 aromatic carbocycles. The van der Waals surface area contributed by atoms with Crippen LogP contribution in [0.5, 0.6) is 0 Å². The summed E-state index contributed by atoms with van der Waals surface area (Å²) in [6, 6.07) is 15.3. The van der Waals surface area contributed by atoms with Gasteiger partial charge in [-0.15, -0.1) is 0 Å². The number of anilines is 2. The second kappa shape index (κ2) is 9.12. The van der Waals surface area contributed by atoms with Crippen molar-refractivity contribution in [2.45, 2.75) is 12.3 Å². The molecule has 1 amide bonds. The number of likely N-dealkylation sites (tertiary alicyclic amines) is 1. The molecule has 33 heavy (non-hydrogen) atoms. The van der Waals surface area contributed by atoms with Gasteiger partial charge in [-0.1, -0.05) is 6.07 Å². The van der Waals surface area contributed by atoms with E-state index in [0.717, 1.165) is 17.7 Å². The van der Waals surface area contributed by atoms with Crippen LogP contribution >= 0.6 is 0 Å². The average Bonchev–Trinajstić information content (AvgIpc) is 3.35.